The Morgan fingerprint density at radius 2 is 2.00 bits per heavy atom. The van der Waals surface area contributed by atoms with Crippen molar-refractivity contribution in [3.05, 3.63) is 44.5 Å². The van der Waals surface area contributed by atoms with E-state index in [4.69, 9.17) is 5.11 Å². The van der Waals surface area contributed by atoms with Crippen LogP contribution in [0.15, 0.2) is 21.9 Å². The third-order valence-electron chi connectivity index (χ3n) is 3.13. The molecule has 0 aromatic carbocycles. The van der Waals surface area contributed by atoms with Gasteiger partial charge in [0.05, 0.1) is 18.7 Å². The van der Waals surface area contributed by atoms with Crippen LogP contribution in [0.5, 0.6) is 0 Å². The molecule has 0 bridgehead atoms. The number of rotatable bonds is 5. The van der Waals surface area contributed by atoms with Crippen molar-refractivity contribution in [3.63, 3.8) is 0 Å². The van der Waals surface area contributed by atoms with Crippen molar-refractivity contribution in [3.8, 4) is 0 Å². The van der Waals surface area contributed by atoms with Gasteiger partial charge in [-0.3, -0.25) is 18.7 Å². The molecule has 1 N–H and O–H groups in total. The fourth-order valence-electron chi connectivity index (χ4n) is 1.86. The molecule has 0 spiro atoms. The molecule has 0 saturated carbocycles. The summed E-state index contributed by atoms with van der Waals surface area (Å²) in [4.78, 5) is 33.9. The van der Waals surface area contributed by atoms with Crippen LogP contribution in [0.4, 0.5) is 0 Å². The molecule has 0 radical (unpaired) electrons. The maximum atomic E-state index is 11.8. The van der Waals surface area contributed by atoms with E-state index in [-0.39, 0.29) is 24.9 Å². The summed E-state index contributed by atoms with van der Waals surface area (Å²) < 4.78 is 3.84. The molecule has 0 aliphatic rings. The molecule has 2 aromatic rings. The molecule has 2 rings (SSSR count). The second kappa shape index (κ2) is 5.73. The summed E-state index contributed by atoms with van der Waals surface area (Å²) in [6, 6.07) is 1.36. The van der Waals surface area contributed by atoms with Gasteiger partial charge >= 0.3 is 11.7 Å². The number of aryl methyl sites for hydroxylation is 1. The van der Waals surface area contributed by atoms with Gasteiger partial charge in [-0.1, -0.05) is 5.21 Å². The molecule has 0 aliphatic heterocycles. The van der Waals surface area contributed by atoms with Crippen LogP contribution in [-0.2, 0) is 31.9 Å². The van der Waals surface area contributed by atoms with Crippen molar-refractivity contribution in [2.45, 2.75) is 19.4 Å². The van der Waals surface area contributed by atoms with Crippen LogP contribution in [0.2, 0.25) is 0 Å². The van der Waals surface area contributed by atoms with E-state index in [0.29, 0.717) is 11.4 Å². The van der Waals surface area contributed by atoms with Crippen LogP contribution in [0.3, 0.4) is 0 Å². The SMILES string of the molecule is Cn1c(Cn2cc(CCC(=O)O)nn2)cc(=O)n(C)c1=O. The summed E-state index contributed by atoms with van der Waals surface area (Å²) in [5.74, 6) is -0.904. The number of carbonyl (C=O) groups is 1. The number of hydrogen-bond donors (Lipinski definition) is 1. The van der Waals surface area contributed by atoms with Crippen molar-refractivity contribution in [2.24, 2.45) is 14.1 Å². The van der Waals surface area contributed by atoms with Crippen molar-refractivity contribution in [1.82, 2.24) is 24.1 Å². The zero-order valence-electron chi connectivity index (χ0n) is 11.7. The number of carboxylic acids is 1. The second-order valence-corrected chi connectivity index (χ2v) is 4.68. The summed E-state index contributed by atoms with van der Waals surface area (Å²) in [6.07, 6.45) is 1.86. The van der Waals surface area contributed by atoms with Gasteiger partial charge in [0.15, 0.2) is 0 Å². The smallest absolute Gasteiger partial charge is 0.330 e. The van der Waals surface area contributed by atoms with E-state index in [1.165, 1.54) is 22.4 Å². The Hall–Kier alpha value is -2.71. The maximum Gasteiger partial charge on any atom is 0.330 e. The Morgan fingerprint density at radius 3 is 2.67 bits per heavy atom. The topological polar surface area (TPSA) is 112 Å². The number of carboxylic acid groups (broad SMARTS) is 1. The summed E-state index contributed by atoms with van der Waals surface area (Å²) in [5.41, 5.74) is 0.243. The summed E-state index contributed by atoms with van der Waals surface area (Å²) in [7, 11) is 2.98. The first-order chi connectivity index (χ1) is 9.88. The average molecular weight is 293 g/mol. The van der Waals surface area contributed by atoms with E-state index >= 15 is 0 Å². The fraction of sp³-hybridized carbons (Fsp3) is 0.417. The zero-order valence-corrected chi connectivity index (χ0v) is 11.7. The van der Waals surface area contributed by atoms with Crippen LogP contribution in [0.1, 0.15) is 17.8 Å². The van der Waals surface area contributed by atoms with E-state index in [1.54, 1.807) is 13.2 Å². The average Bonchev–Trinajstić information content (AvgIpc) is 2.88. The third kappa shape index (κ3) is 3.25. The van der Waals surface area contributed by atoms with Gasteiger partial charge < -0.3 is 5.11 Å². The highest BCUT2D eigenvalue weighted by Crippen LogP contribution is 2.01. The predicted molar refractivity (Wildman–Crippen MR) is 72.0 cm³/mol. The van der Waals surface area contributed by atoms with E-state index in [2.05, 4.69) is 10.3 Å². The van der Waals surface area contributed by atoms with Gasteiger partial charge in [-0.05, 0) is 0 Å². The lowest BCUT2D eigenvalue weighted by atomic mass is 10.2. The minimum atomic E-state index is -0.904. The molecule has 0 saturated heterocycles. The maximum absolute atomic E-state index is 11.8. The van der Waals surface area contributed by atoms with Gasteiger partial charge in [0.1, 0.15) is 0 Å². The van der Waals surface area contributed by atoms with E-state index in [0.717, 1.165) is 4.57 Å². The first-order valence-electron chi connectivity index (χ1n) is 6.25. The van der Waals surface area contributed by atoms with E-state index in [9.17, 15) is 14.4 Å². The quantitative estimate of drug-likeness (QED) is 0.736. The molecule has 0 fully saturated rings. The Kier molecular flexibility index (Phi) is 4.01. The standard InChI is InChI=1S/C12H15N5O4/c1-15-9(5-10(18)16(2)12(15)21)7-17-6-8(13-14-17)3-4-11(19)20/h5-6H,3-4,7H2,1-2H3,(H,19,20). The molecule has 112 valence electrons. The second-order valence-electron chi connectivity index (χ2n) is 4.68. The molecular formula is C12H15N5O4. The first kappa shape index (κ1) is 14.7. The molecule has 0 aliphatic carbocycles. The van der Waals surface area contributed by atoms with Crippen LogP contribution < -0.4 is 11.2 Å². The summed E-state index contributed by atoms with van der Waals surface area (Å²) >= 11 is 0. The molecule has 0 unspecified atom stereocenters. The van der Waals surface area contributed by atoms with E-state index < -0.39 is 11.7 Å². The molecule has 0 amide bonds. The lowest BCUT2D eigenvalue weighted by molar-refractivity contribution is -0.136. The Labute approximate surface area is 119 Å². The number of aromatic nitrogens is 5. The molecule has 2 heterocycles. The highest BCUT2D eigenvalue weighted by molar-refractivity contribution is 5.66. The van der Waals surface area contributed by atoms with Gasteiger partial charge in [0.2, 0.25) is 0 Å². The summed E-state index contributed by atoms with van der Waals surface area (Å²) in [5, 5.41) is 16.3. The largest absolute Gasteiger partial charge is 0.481 e. The van der Waals surface area contributed by atoms with E-state index in [1.807, 2.05) is 0 Å². The monoisotopic (exact) mass is 293 g/mol. The fourth-order valence-corrected chi connectivity index (χ4v) is 1.86. The molecular weight excluding hydrogens is 278 g/mol. The Morgan fingerprint density at radius 1 is 1.29 bits per heavy atom. The minimum absolute atomic E-state index is 0.0247. The highest BCUT2D eigenvalue weighted by atomic mass is 16.4. The predicted octanol–water partition coefficient (Wildman–Crippen LogP) is -1.26. The molecule has 9 nitrogen and oxygen atoms in total. The number of aliphatic carboxylic acids is 1. The molecule has 2 aromatic heterocycles. The van der Waals surface area contributed by atoms with Crippen molar-refractivity contribution in [1.29, 1.82) is 0 Å². The zero-order chi connectivity index (χ0) is 15.6. The van der Waals surface area contributed by atoms with Crippen LogP contribution in [-0.4, -0.2) is 35.2 Å². The van der Waals surface area contributed by atoms with Gasteiger partial charge in [-0.15, -0.1) is 5.10 Å². The van der Waals surface area contributed by atoms with Gasteiger partial charge in [0, 0.05) is 38.5 Å². The van der Waals surface area contributed by atoms with Gasteiger partial charge in [-0.25, -0.2) is 9.48 Å². The molecule has 9 heteroatoms. The van der Waals surface area contributed by atoms with Gasteiger partial charge in [0.25, 0.3) is 5.56 Å². The Bertz CT molecular complexity index is 786. The summed E-state index contributed by atoms with van der Waals surface area (Å²) in [6.45, 7) is 0.210. The number of nitrogens with zero attached hydrogens (tertiary/aromatic N) is 5. The normalized spacial score (nSPS) is 10.8. The lowest BCUT2D eigenvalue weighted by Crippen LogP contribution is -2.38. The Balaban J connectivity index is 2.21. The molecule has 21 heavy (non-hydrogen) atoms. The minimum Gasteiger partial charge on any atom is -0.481 e. The van der Waals surface area contributed by atoms with Gasteiger partial charge in [-0.2, -0.15) is 0 Å². The van der Waals surface area contributed by atoms with Crippen molar-refractivity contribution in [2.75, 3.05) is 0 Å². The molecule has 0 atom stereocenters. The number of hydrogen-bond acceptors (Lipinski definition) is 5. The highest BCUT2D eigenvalue weighted by Gasteiger charge is 2.09. The van der Waals surface area contributed by atoms with Crippen LogP contribution in [0, 0.1) is 0 Å². The first-order valence-corrected chi connectivity index (χ1v) is 6.25. The van der Waals surface area contributed by atoms with Crippen molar-refractivity contribution >= 4 is 5.97 Å². The van der Waals surface area contributed by atoms with Crippen molar-refractivity contribution < 1.29 is 9.90 Å². The van der Waals surface area contributed by atoms with Crippen LogP contribution in [0.25, 0.3) is 0 Å². The lowest BCUT2D eigenvalue weighted by Gasteiger charge is -2.08. The van der Waals surface area contributed by atoms with Crippen LogP contribution >= 0.6 is 0 Å². The third-order valence-corrected chi connectivity index (χ3v) is 3.13.